The number of hydrogen-bond acceptors (Lipinski definition) is 5. The number of carbonyl (C=O) groups is 2. The van der Waals surface area contributed by atoms with Gasteiger partial charge in [0.1, 0.15) is 6.04 Å². The van der Waals surface area contributed by atoms with Crippen molar-refractivity contribution in [1.82, 2.24) is 10.3 Å². The molecule has 0 fully saturated rings. The van der Waals surface area contributed by atoms with Crippen molar-refractivity contribution in [2.45, 2.75) is 12.5 Å². The van der Waals surface area contributed by atoms with Gasteiger partial charge in [-0.1, -0.05) is 30.3 Å². The number of nitrogens with zero attached hydrogens (tertiary/aromatic N) is 2. The van der Waals surface area contributed by atoms with E-state index in [0.717, 1.165) is 22.5 Å². The monoisotopic (exact) mass is 435 g/mol. The van der Waals surface area contributed by atoms with E-state index < -0.39 is 17.9 Å². The van der Waals surface area contributed by atoms with Crippen LogP contribution in [0.1, 0.15) is 16.8 Å². The van der Waals surface area contributed by atoms with E-state index in [2.05, 4.69) is 10.3 Å². The van der Waals surface area contributed by atoms with E-state index in [9.17, 15) is 14.7 Å². The molecule has 160 valence electrons. The molecule has 7 heteroatoms. The largest absolute Gasteiger partial charge is 0.480 e. The zero-order chi connectivity index (χ0) is 22.2. The van der Waals surface area contributed by atoms with Crippen molar-refractivity contribution in [3.63, 3.8) is 0 Å². The van der Waals surface area contributed by atoms with Crippen molar-refractivity contribution in [3.05, 3.63) is 78.6 Å². The Morgan fingerprint density at radius 3 is 2.52 bits per heavy atom. The molecule has 3 aromatic rings. The molecule has 3 rings (SSSR count). The molecule has 0 saturated carbocycles. The van der Waals surface area contributed by atoms with Crippen LogP contribution in [0.5, 0.6) is 0 Å². The van der Waals surface area contributed by atoms with Crippen LogP contribution in [0, 0.1) is 0 Å². The van der Waals surface area contributed by atoms with Gasteiger partial charge >= 0.3 is 5.97 Å². The van der Waals surface area contributed by atoms with E-state index in [1.54, 1.807) is 30.2 Å². The van der Waals surface area contributed by atoms with Crippen LogP contribution in [-0.2, 0) is 4.79 Å². The SMILES string of the molecule is CSCCC(NC(=O)c1ccc(N(C)c2cccnc2)cc1-c1ccccc1)C(=O)O. The lowest BCUT2D eigenvalue weighted by Gasteiger charge is -2.22. The van der Waals surface area contributed by atoms with Gasteiger partial charge in [0.15, 0.2) is 0 Å². The van der Waals surface area contributed by atoms with Crippen molar-refractivity contribution in [1.29, 1.82) is 0 Å². The zero-order valence-electron chi connectivity index (χ0n) is 17.5. The molecule has 1 atom stereocenters. The molecule has 31 heavy (non-hydrogen) atoms. The van der Waals surface area contributed by atoms with Gasteiger partial charge in [0.25, 0.3) is 5.91 Å². The highest BCUT2D eigenvalue weighted by Gasteiger charge is 2.22. The molecule has 1 heterocycles. The molecular formula is C24H25N3O3S. The number of anilines is 2. The van der Waals surface area contributed by atoms with Gasteiger partial charge in [-0.05, 0) is 59.9 Å². The number of hydrogen-bond donors (Lipinski definition) is 2. The minimum atomic E-state index is -1.03. The van der Waals surface area contributed by atoms with Gasteiger partial charge in [-0.15, -0.1) is 0 Å². The molecule has 1 amide bonds. The van der Waals surface area contributed by atoms with Crippen LogP contribution in [0.2, 0.25) is 0 Å². The summed E-state index contributed by atoms with van der Waals surface area (Å²) in [6, 6.07) is 18.0. The summed E-state index contributed by atoms with van der Waals surface area (Å²) in [6.07, 6.45) is 5.76. The lowest BCUT2D eigenvalue weighted by atomic mass is 9.97. The van der Waals surface area contributed by atoms with Crippen molar-refractivity contribution < 1.29 is 14.7 Å². The standard InChI is InChI=1S/C24H25N3O3S/c1-27(19-9-6-13-25-16-19)18-10-11-20(21(15-18)17-7-4-3-5-8-17)23(28)26-22(24(29)30)12-14-31-2/h3-11,13,15-16,22H,12,14H2,1-2H3,(H,26,28)(H,29,30). The number of carbonyl (C=O) groups excluding carboxylic acids is 1. The third-order valence-corrected chi connectivity index (χ3v) is 5.61. The molecule has 0 radical (unpaired) electrons. The van der Waals surface area contributed by atoms with Crippen LogP contribution in [0.3, 0.4) is 0 Å². The average molecular weight is 436 g/mol. The summed E-state index contributed by atoms with van der Waals surface area (Å²) in [5.74, 6) is -0.781. The van der Waals surface area contributed by atoms with E-state index >= 15 is 0 Å². The number of thioether (sulfide) groups is 1. The van der Waals surface area contributed by atoms with Crippen molar-refractivity contribution >= 4 is 35.0 Å². The highest BCUT2D eigenvalue weighted by Crippen LogP contribution is 2.31. The Morgan fingerprint density at radius 2 is 1.87 bits per heavy atom. The Kier molecular flexibility index (Phi) is 7.67. The molecule has 1 unspecified atom stereocenters. The topological polar surface area (TPSA) is 82.5 Å². The van der Waals surface area contributed by atoms with E-state index in [1.807, 2.05) is 72.8 Å². The Labute approximate surface area is 186 Å². The van der Waals surface area contributed by atoms with Crippen molar-refractivity contribution in [2.75, 3.05) is 24.0 Å². The predicted octanol–water partition coefficient (Wildman–Crippen LogP) is 4.45. The number of rotatable bonds is 9. The molecule has 1 aromatic heterocycles. The minimum Gasteiger partial charge on any atom is -0.480 e. The second-order valence-electron chi connectivity index (χ2n) is 7.01. The van der Waals surface area contributed by atoms with Crippen LogP contribution in [0.15, 0.2) is 73.1 Å². The third-order valence-electron chi connectivity index (χ3n) is 4.97. The van der Waals surface area contributed by atoms with Crippen LogP contribution >= 0.6 is 11.8 Å². The first kappa shape index (κ1) is 22.4. The fourth-order valence-electron chi connectivity index (χ4n) is 3.23. The van der Waals surface area contributed by atoms with Gasteiger partial charge in [0.2, 0.25) is 0 Å². The van der Waals surface area contributed by atoms with Crippen molar-refractivity contribution in [3.8, 4) is 11.1 Å². The normalized spacial score (nSPS) is 11.5. The summed E-state index contributed by atoms with van der Waals surface area (Å²) in [5.41, 5.74) is 3.86. The number of benzene rings is 2. The summed E-state index contributed by atoms with van der Waals surface area (Å²) in [6.45, 7) is 0. The Morgan fingerprint density at radius 1 is 1.10 bits per heavy atom. The number of pyridine rings is 1. The van der Waals surface area contributed by atoms with Gasteiger partial charge < -0.3 is 15.3 Å². The molecule has 0 spiro atoms. The molecule has 0 aliphatic carbocycles. The molecule has 0 bridgehead atoms. The molecule has 2 N–H and O–H groups in total. The number of nitrogens with one attached hydrogen (secondary N) is 1. The number of amides is 1. The molecule has 6 nitrogen and oxygen atoms in total. The lowest BCUT2D eigenvalue weighted by Crippen LogP contribution is -2.41. The average Bonchev–Trinajstić information content (AvgIpc) is 2.81. The summed E-state index contributed by atoms with van der Waals surface area (Å²) in [4.78, 5) is 30.8. The van der Waals surface area contributed by atoms with E-state index in [1.165, 1.54) is 0 Å². The number of carboxylic acids is 1. The van der Waals surface area contributed by atoms with Crippen LogP contribution in [0.4, 0.5) is 11.4 Å². The number of aromatic nitrogens is 1. The van der Waals surface area contributed by atoms with Gasteiger partial charge in [0.05, 0.1) is 11.9 Å². The highest BCUT2D eigenvalue weighted by molar-refractivity contribution is 7.98. The minimum absolute atomic E-state index is 0.366. The summed E-state index contributed by atoms with van der Waals surface area (Å²) >= 11 is 1.55. The maximum absolute atomic E-state index is 13.1. The Balaban J connectivity index is 1.98. The maximum atomic E-state index is 13.1. The van der Waals surface area contributed by atoms with Crippen LogP contribution < -0.4 is 10.2 Å². The third kappa shape index (κ3) is 5.64. The van der Waals surface area contributed by atoms with Gasteiger partial charge in [0, 0.05) is 24.5 Å². The Bertz CT molecular complexity index is 1030. The number of aliphatic carboxylic acids is 1. The second kappa shape index (κ2) is 10.6. The maximum Gasteiger partial charge on any atom is 0.326 e. The number of carboxylic acid groups (broad SMARTS) is 1. The fourth-order valence-corrected chi connectivity index (χ4v) is 3.70. The highest BCUT2D eigenvalue weighted by atomic mass is 32.2. The predicted molar refractivity (Wildman–Crippen MR) is 126 cm³/mol. The second-order valence-corrected chi connectivity index (χ2v) is 8.00. The van der Waals surface area contributed by atoms with Crippen LogP contribution in [0.25, 0.3) is 11.1 Å². The summed E-state index contributed by atoms with van der Waals surface area (Å²) in [7, 11) is 1.93. The zero-order valence-corrected chi connectivity index (χ0v) is 18.3. The lowest BCUT2D eigenvalue weighted by molar-refractivity contribution is -0.139. The quantitative estimate of drug-likeness (QED) is 0.517. The first-order valence-electron chi connectivity index (χ1n) is 9.87. The summed E-state index contributed by atoms with van der Waals surface area (Å²) < 4.78 is 0. The first-order chi connectivity index (χ1) is 15.0. The summed E-state index contributed by atoms with van der Waals surface area (Å²) in [5, 5.41) is 12.2. The van der Waals surface area contributed by atoms with Crippen LogP contribution in [-0.4, -0.2) is 47.1 Å². The molecule has 0 saturated heterocycles. The van der Waals surface area contributed by atoms with E-state index in [4.69, 9.17) is 0 Å². The first-order valence-corrected chi connectivity index (χ1v) is 11.3. The molecular weight excluding hydrogens is 410 g/mol. The molecule has 0 aliphatic rings. The van der Waals surface area contributed by atoms with Crippen molar-refractivity contribution in [2.24, 2.45) is 0 Å². The van der Waals surface area contributed by atoms with Gasteiger partial charge in [-0.3, -0.25) is 9.78 Å². The van der Waals surface area contributed by atoms with E-state index in [0.29, 0.717) is 17.7 Å². The molecule has 0 aliphatic heterocycles. The van der Waals surface area contributed by atoms with Gasteiger partial charge in [-0.2, -0.15) is 11.8 Å². The van der Waals surface area contributed by atoms with E-state index in [-0.39, 0.29) is 0 Å². The smallest absolute Gasteiger partial charge is 0.326 e. The van der Waals surface area contributed by atoms with Gasteiger partial charge in [-0.25, -0.2) is 4.79 Å². The Hall–Kier alpha value is -3.32. The molecule has 2 aromatic carbocycles. The fraction of sp³-hybridized carbons (Fsp3) is 0.208.